The lowest BCUT2D eigenvalue weighted by Crippen LogP contribution is -2.19. The number of methoxy groups -OCH3 is 1. The van der Waals surface area contributed by atoms with Crippen LogP contribution in [0.25, 0.3) is 11.3 Å². The first-order valence-corrected chi connectivity index (χ1v) is 12.3. The Kier molecular flexibility index (Phi) is 6.54. The molecule has 3 aromatic carbocycles. The number of carbonyl (C=O) groups is 1. The molecule has 1 aromatic heterocycles. The lowest BCUT2D eigenvalue weighted by atomic mass is 9.84. The normalized spacial score (nSPS) is 16.8. The van der Waals surface area contributed by atoms with Crippen molar-refractivity contribution in [1.82, 2.24) is 10.3 Å². The SMILES string of the molecule is COc1ccc([C@@H]2C(C(=O)c3ccc(Cl)cc3)=CN[C@@H]2c2nc(-c3ccc([N+](=O)[O-])cc3)cs2)cc1. The van der Waals surface area contributed by atoms with Gasteiger partial charge in [0.2, 0.25) is 0 Å². The average Bonchev–Trinajstić information content (AvgIpc) is 3.56. The van der Waals surface area contributed by atoms with Crippen LogP contribution < -0.4 is 10.1 Å². The molecule has 1 N–H and O–H groups in total. The van der Waals surface area contributed by atoms with Gasteiger partial charge < -0.3 is 10.1 Å². The monoisotopic (exact) mass is 517 g/mol. The molecule has 0 fully saturated rings. The number of aromatic nitrogens is 1. The van der Waals surface area contributed by atoms with Gasteiger partial charge in [-0.05, 0) is 54.1 Å². The van der Waals surface area contributed by atoms with Crippen molar-refractivity contribution in [3.05, 3.63) is 121 Å². The van der Waals surface area contributed by atoms with Gasteiger partial charge in [0, 0.05) is 51.4 Å². The second kappa shape index (κ2) is 9.93. The molecule has 2 atom stereocenters. The Hall–Kier alpha value is -4.01. The van der Waals surface area contributed by atoms with E-state index in [1.165, 1.54) is 23.5 Å². The number of Topliss-reactive ketones (excluding diaryl/α,β-unsaturated/α-hetero) is 1. The van der Waals surface area contributed by atoms with Crippen molar-refractivity contribution in [2.75, 3.05) is 7.11 Å². The molecule has 0 spiro atoms. The van der Waals surface area contributed by atoms with E-state index >= 15 is 0 Å². The number of non-ortho nitro benzene ring substituents is 1. The van der Waals surface area contributed by atoms with E-state index in [1.807, 2.05) is 29.6 Å². The summed E-state index contributed by atoms with van der Waals surface area (Å²) in [6, 6.07) is 20.6. The molecule has 180 valence electrons. The second-order valence-corrected chi connectivity index (χ2v) is 9.53. The Morgan fingerprint density at radius 3 is 2.39 bits per heavy atom. The molecular weight excluding hydrogens is 498 g/mol. The highest BCUT2D eigenvalue weighted by Gasteiger charge is 2.37. The first kappa shape index (κ1) is 23.7. The Labute approximate surface area is 216 Å². The van der Waals surface area contributed by atoms with Crippen molar-refractivity contribution in [3.8, 4) is 17.0 Å². The highest BCUT2D eigenvalue weighted by Crippen LogP contribution is 2.44. The van der Waals surface area contributed by atoms with E-state index in [1.54, 1.807) is 49.7 Å². The van der Waals surface area contributed by atoms with Crippen LogP contribution in [-0.2, 0) is 0 Å². The number of rotatable bonds is 7. The lowest BCUT2D eigenvalue weighted by molar-refractivity contribution is -0.384. The number of nitrogens with one attached hydrogen (secondary N) is 1. The Morgan fingerprint density at radius 1 is 1.06 bits per heavy atom. The predicted octanol–water partition coefficient (Wildman–Crippen LogP) is 6.58. The first-order valence-electron chi connectivity index (χ1n) is 11.0. The first-order chi connectivity index (χ1) is 17.4. The largest absolute Gasteiger partial charge is 0.497 e. The highest BCUT2D eigenvalue weighted by atomic mass is 35.5. The van der Waals surface area contributed by atoms with Crippen molar-refractivity contribution in [2.45, 2.75) is 12.0 Å². The second-order valence-electron chi connectivity index (χ2n) is 8.21. The molecule has 1 aliphatic rings. The van der Waals surface area contributed by atoms with Crippen molar-refractivity contribution in [3.63, 3.8) is 0 Å². The van der Waals surface area contributed by atoms with Crippen LogP contribution in [0.3, 0.4) is 0 Å². The highest BCUT2D eigenvalue weighted by molar-refractivity contribution is 7.10. The number of thiazole rings is 1. The predicted molar refractivity (Wildman–Crippen MR) is 140 cm³/mol. The molecule has 9 heteroatoms. The molecule has 0 saturated carbocycles. The number of hydrogen-bond acceptors (Lipinski definition) is 7. The minimum Gasteiger partial charge on any atom is -0.497 e. The van der Waals surface area contributed by atoms with Gasteiger partial charge in [-0.2, -0.15) is 0 Å². The van der Waals surface area contributed by atoms with Gasteiger partial charge in [-0.1, -0.05) is 23.7 Å². The smallest absolute Gasteiger partial charge is 0.269 e. The number of ketones is 1. The van der Waals surface area contributed by atoms with Gasteiger partial charge in [0.25, 0.3) is 5.69 Å². The number of hydrogen-bond donors (Lipinski definition) is 1. The summed E-state index contributed by atoms with van der Waals surface area (Å²) in [5.74, 6) is 0.357. The summed E-state index contributed by atoms with van der Waals surface area (Å²) in [6.07, 6.45) is 1.77. The maximum absolute atomic E-state index is 13.5. The molecule has 0 saturated heterocycles. The van der Waals surface area contributed by atoms with E-state index in [-0.39, 0.29) is 23.4 Å². The molecule has 36 heavy (non-hydrogen) atoms. The Bertz CT molecular complexity index is 1450. The summed E-state index contributed by atoms with van der Waals surface area (Å²) in [4.78, 5) is 28.9. The van der Waals surface area contributed by atoms with Gasteiger partial charge in [0.05, 0.1) is 23.8 Å². The maximum atomic E-state index is 13.5. The summed E-state index contributed by atoms with van der Waals surface area (Å²) >= 11 is 7.49. The zero-order valence-corrected chi connectivity index (χ0v) is 20.6. The van der Waals surface area contributed by atoms with Gasteiger partial charge in [0.1, 0.15) is 10.8 Å². The molecule has 4 aromatic rings. The van der Waals surface area contributed by atoms with Crippen molar-refractivity contribution >= 4 is 34.4 Å². The van der Waals surface area contributed by atoms with E-state index in [9.17, 15) is 14.9 Å². The van der Waals surface area contributed by atoms with E-state index in [2.05, 4.69) is 5.32 Å². The third-order valence-corrected chi connectivity index (χ3v) is 7.27. The van der Waals surface area contributed by atoms with Gasteiger partial charge in [-0.15, -0.1) is 11.3 Å². The zero-order valence-electron chi connectivity index (χ0n) is 19.1. The molecular formula is C27H20ClN3O4S. The third-order valence-electron chi connectivity index (χ3n) is 6.09. The lowest BCUT2D eigenvalue weighted by Gasteiger charge is -2.21. The summed E-state index contributed by atoms with van der Waals surface area (Å²) in [5, 5.41) is 17.6. The molecule has 2 heterocycles. The third kappa shape index (κ3) is 4.60. The fraction of sp³-hybridized carbons (Fsp3) is 0.111. The van der Waals surface area contributed by atoms with E-state index in [0.717, 1.165) is 27.6 Å². The van der Waals surface area contributed by atoms with Gasteiger partial charge in [-0.3, -0.25) is 14.9 Å². The minimum absolute atomic E-state index is 0.0285. The van der Waals surface area contributed by atoms with E-state index in [0.29, 0.717) is 16.2 Å². The molecule has 7 nitrogen and oxygen atoms in total. The van der Waals surface area contributed by atoms with Crippen LogP contribution in [0.4, 0.5) is 5.69 Å². The van der Waals surface area contributed by atoms with Crippen LogP contribution in [0, 0.1) is 10.1 Å². The quantitative estimate of drug-likeness (QED) is 0.169. The molecule has 5 rings (SSSR count). The van der Waals surface area contributed by atoms with Crippen LogP contribution in [0.2, 0.25) is 5.02 Å². The number of ether oxygens (including phenoxy) is 1. The van der Waals surface area contributed by atoms with E-state index < -0.39 is 4.92 Å². The van der Waals surface area contributed by atoms with Gasteiger partial charge >= 0.3 is 0 Å². The van der Waals surface area contributed by atoms with Crippen LogP contribution in [0.1, 0.15) is 32.9 Å². The fourth-order valence-electron chi connectivity index (χ4n) is 4.23. The number of nitrogens with zero attached hydrogens (tertiary/aromatic N) is 2. The Morgan fingerprint density at radius 2 is 1.75 bits per heavy atom. The molecule has 0 radical (unpaired) electrons. The van der Waals surface area contributed by atoms with Gasteiger partial charge in [0.15, 0.2) is 5.78 Å². The van der Waals surface area contributed by atoms with Crippen LogP contribution >= 0.6 is 22.9 Å². The van der Waals surface area contributed by atoms with Crippen molar-refractivity contribution < 1.29 is 14.5 Å². The summed E-state index contributed by atoms with van der Waals surface area (Å²) in [5.41, 5.74) is 3.66. The number of nitro groups is 1. The Balaban J connectivity index is 1.49. The van der Waals surface area contributed by atoms with Crippen molar-refractivity contribution in [2.24, 2.45) is 0 Å². The number of nitro benzene ring substituents is 1. The molecule has 0 unspecified atom stereocenters. The van der Waals surface area contributed by atoms with Crippen LogP contribution in [-0.4, -0.2) is 22.8 Å². The van der Waals surface area contributed by atoms with Crippen LogP contribution in [0.5, 0.6) is 5.75 Å². The summed E-state index contributed by atoms with van der Waals surface area (Å²) < 4.78 is 5.31. The standard InChI is InChI=1S/C27H20ClN3O4S/c1-35-21-12-6-17(7-13-21)24-22(26(32)18-2-8-19(28)9-3-18)14-29-25(24)27-30-23(15-36-27)16-4-10-20(11-5-16)31(33)34/h2-15,24-25,29H,1H3/t24-,25+/m1/s1. The number of carbonyl (C=O) groups excluding carboxylic acids is 1. The molecule has 0 bridgehead atoms. The summed E-state index contributed by atoms with van der Waals surface area (Å²) in [6.45, 7) is 0. The number of benzene rings is 3. The fourth-order valence-corrected chi connectivity index (χ4v) is 5.28. The topological polar surface area (TPSA) is 94.4 Å². The summed E-state index contributed by atoms with van der Waals surface area (Å²) in [7, 11) is 1.61. The van der Waals surface area contributed by atoms with Crippen LogP contribution in [0.15, 0.2) is 89.9 Å². The molecule has 0 aliphatic carbocycles. The maximum Gasteiger partial charge on any atom is 0.269 e. The molecule has 0 amide bonds. The van der Waals surface area contributed by atoms with Gasteiger partial charge in [-0.25, -0.2) is 4.98 Å². The molecule has 1 aliphatic heterocycles. The van der Waals surface area contributed by atoms with Crippen molar-refractivity contribution in [1.29, 1.82) is 0 Å². The minimum atomic E-state index is -0.428. The average molecular weight is 518 g/mol. The number of halogens is 1. The zero-order chi connectivity index (χ0) is 25.2. The van der Waals surface area contributed by atoms with E-state index in [4.69, 9.17) is 21.3 Å².